The number of aryl methyl sites for hydroxylation is 1. The van der Waals surface area contributed by atoms with E-state index in [2.05, 4.69) is 13.8 Å². The molecule has 0 atom stereocenters. The molecule has 0 unspecified atom stereocenters. The van der Waals surface area contributed by atoms with E-state index in [4.69, 9.17) is 15.2 Å². The zero-order valence-corrected chi connectivity index (χ0v) is 7.89. The molecule has 3 nitrogen and oxygen atoms in total. The number of rotatable bonds is 1. The van der Waals surface area contributed by atoms with E-state index >= 15 is 0 Å². The molecule has 0 amide bonds. The highest BCUT2D eigenvalue weighted by atomic mass is 16.7. The summed E-state index contributed by atoms with van der Waals surface area (Å²) in [6.45, 7) is 4.92. The number of fused-ring (bicyclic) bond motifs is 1. The van der Waals surface area contributed by atoms with Crippen LogP contribution in [0.1, 0.15) is 16.7 Å². The predicted molar refractivity (Wildman–Crippen MR) is 49.9 cm³/mol. The molecular formula is C10H13NO2. The number of benzene rings is 1. The Hall–Kier alpha value is -1.22. The fraction of sp³-hybridized carbons (Fsp3) is 0.400. The molecular weight excluding hydrogens is 166 g/mol. The van der Waals surface area contributed by atoms with Crippen LogP contribution in [0.3, 0.4) is 0 Å². The van der Waals surface area contributed by atoms with E-state index < -0.39 is 0 Å². The SMILES string of the molecule is Cc1cc2c(c(CN)c1C)OCO2. The largest absolute Gasteiger partial charge is 0.454 e. The Morgan fingerprint density at radius 1 is 1.38 bits per heavy atom. The molecule has 3 heteroatoms. The molecule has 1 aliphatic heterocycles. The average molecular weight is 179 g/mol. The van der Waals surface area contributed by atoms with Crippen LogP contribution in [0.15, 0.2) is 6.07 Å². The van der Waals surface area contributed by atoms with Gasteiger partial charge in [-0.1, -0.05) is 0 Å². The minimum Gasteiger partial charge on any atom is -0.454 e. The Morgan fingerprint density at radius 3 is 2.85 bits per heavy atom. The molecule has 0 saturated heterocycles. The first-order valence-corrected chi connectivity index (χ1v) is 4.32. The van der Waals surface area contributed by atoms with Gasteiger partial charge in [0.2, 0.25) is 6.79 Å². The highest BCUT2D eigenvalue weighted by molar-refractivity contribution is 5.54. The van der Waals surface area contributed by atoms with Crippen molar-refractivity contribution in [1.29, 1.82) is 0 Å². The molecule has 0 spiro atoms. The molecule has 1 heterocycles. The van der Waals surface area contributed by atoms with E-state index in [-0.39, 0.29) is 0 Å². The lowest BCUT2D eigenvalue weighted by atomic mass is 10.0. The van der Waals surface area contributed by atoms with Gasteiger partial charge in [0.1, 0.15) is 0 Å². The third kappa shape index (κ3) is 1.16. The second kappa shape index (κ2) is 2.92. The van der Waals surface area contributed by atoms with Crippen molar-refractivity contribution in [2.75, 3.05) is 6.79 Å². The van der Waals surface area contributed by atoms with Crippen LogP contribution in [0.5, 0.6) is 11.5 Å². The van der Waals surface area contributed by atoms with E-state index in [1.807, 2.05) is 6.07 Å². The zero-order valence-electron chi connectivity index (χ0n) is 7.89. The van der Waals surface area contributed by atoms with Crippen molar-refractivity contribution in [3.05, 3.63) is 22.8 Å². The Balaban J connectivity index is 2.64. The maximum absolute atomic E-state index is 5.66. The summed E-state index contributed by atoms with van der Waals surface area (Å²) in [6.07, 6.45) is 0. The molecule has 0 aromatic heterocycles. The summed E-state index contributed by atoms with van der Waals surface area (Å²) in [5.74, 6) is 1.65. The van der Waals surface area contributed by atoms with E-state index in [0.29, 0.717) is 13.3 Å². The minimum atomic E-state index is 0.311. The first-order valence-electron chi connectivity index (χ1n) is 4.32. The van der Waals surface area contributed by atoms with Crippen LogP contribution in [0.25, 0.3) is 0 Å². The van der Waals surface area contributed by atoms with Gasteiger partial charge in [-0.25, -0.2) is 0 Å². The summed E-state index contributed by atoms with van der Waals surface area (Å²) in [5.41, 5.74) is 9.12. The zero-order chi connectivity index (χ0) is 9.42. The molecule has 70 valence electrons. The monoisotopic (exact) mass is 179 g/mol. The van der Waals surface area contributed by atoms with Crippen LogP contribution < -0.4 is 15.2 Å². The second-order valence-corrected chi connectivity index (χ2v) is 3.23. The molecule has 0 saturated carbocycles. The molecule has 1 aliphatic rings. The van der Waals surface area contributed by atoms with Gasteiger partial charge < -0.3 is 15.2 Å². The Kier molecular flexibility index (Phi) is 1.88. The van der Waals surface area contributed by atoms with Gasteiger partial charge in [-0.3, -0.25) is 0 Å². The smallest absolute Gasteiger partial charge is 0.231 e. The maximum Gasteiger partial charge on any atom is 0.231 e. The van der Waals surface area contributed by atoms with E-state index in [9.17, 15) is 0 Å². The summed E-state index contributed by atoms with van der Waals surface area (Å²) in [7, 11) is 0. The van der Waals surface area contributed by atoms with Crippen molar-refractivity contribution in [2.45, 2.75) is 20.4 Å². The van der Waals surface area contributed by atoms with Crippen LogP contribution in [-0.2, 0) is 6.54 Å². The molecule has 0 bridgehead atoms. The molecule has 13 heavy (non-hydrogen) atoms. The lowest BCUT2D eigenvalue weighted by molar-refractivity contribution is 0.173. The number of hydrogen-bond acceptors (Lipinski definition) is 3. The van der Waals surface area contributed by atoms with Gasteiger partial charge in [0, 0.05) is 12.1 Å². The molecule has 1 aromatic carbocycles. The van der Waals surface area contributed by atoms with Gasteiger partial charge >= 0.3 is 0 Å². The highest BCUT2D eigenvalue weighted by Gasteiger charge is 2.19. The third-order valence-corrected chi connectivity index (χ3v) is 2.51. The lowest BCUT2D eigenvalue weighted by Crippen LogP contribution is -2.02. The fourth-order valence-electron chi connectivity index (χ4n) is 1.59. The summed E-state index contributed by atoms with van der Waals surface area (Å²) < 4.78 is 10.7. The van der Waals surface area contributed by atoms with Gasteiger partial charge in [0.15, 0.2) is 11.5 Å². The first kappa shape index (κ1) is 8.38. The summed E-state index contributed by atoms with van der Waals surface area (Å²) in [6, 6.07) is 2.00. The van der Waals surface area contributed by atoms with Crippen LogP contribution in [0, 0.1) is 13.8 Å². The van der Waals surface area contributed by atoms with Gasteiger partial charge in [0.05, 0.1) is 0 Å². The van der Waals surface area contributed by atoms with Gasteiger partial charge in [-0.05, 0) is 31.0 Å². The predicted octanol–water partition coefficient (Wildman–Crippen LogP) is 1.49. The Bertz CT molecular complexity index is 347. The van der Waals surface area contributed by atoms with Crippen LogP contribution in [-0.4, -0.2) is 6.79 Å². The molecule has 0 radical (unpaired) electrons. The molecule has 0 fully saturated rings. The van der Waals surface area contributed by atoms with Gasteiger partial charge in [-0.2, -0.15) is 0 Å². The standard InChI is InChI=1S/C10H13NO2/c1-6-3-9-10(13-5-12-9)8(4-11)7(6)2/h3H,4-5,11H2,1-2H3. The summed E-state index contributed by atoms with van der Waals surface area (Å²) in [4.78, 5) is 0. The quantitative estimate of drug-likeness (QED) is 0.710. The Morgan fingerprint density at radius 2 is 2.15 bits per heavy atom. The molecule has 2 N–H and O–H groups in total. The van der Waals surface area contributed by atoms with Crippen molar-refractivity contribution < 1.29 is 9.47 Å². The van der Waals surface area contributed by atoms with E-state index in [1.54, 1.807) is 0 Å². The van der Waals surface area contributed by atoms with Crippen molar-refractivity contribution in [2.24, 2.45) is 5.73 Å². The van der Waals surface area contributed by atoms with Crippen molar-refractivity contribution >= 4 is 0 Å². The van der Waals surface area contributed by atoms with Gasteiger partial charge in [0.25, 0.3) is 0 Å². The second-order valence-electron chi connectivity index (χ2n) is 3.23. The molecule has 1 aromatic rings. The molecule has 0 aliphatic carbocycles. The summed E-state index contributed by atoms with van der Waals surface area (Å²) in [5, 5.41) is 0. The Labute approximate surface area is 77.5 Å². The first-order chi connectivity index (χ1) is 6.24. The lowest BCUT2D eigenvalue weighted by Gasteiger charge is -2.09. The van der Waals surface area contributed by atoms with E-state index in [0.717, 1.165) is 17.1 Å². The van der Waals surface area contributed by atoms with Crippen LogP contribution in [0.4, 0.5) is 0 Å². The van der Waals surface area contributed by atoms with Crippen LogP contribution >= 0.6 is 0 Å². The number of hydrogen-bond donors (Lipinski definition) is 1. The van der Waals surface area contributed by atoms with Crippen molar-refractivity contribution in [1.82, 2.24) is 0 Å². The average Bonchev–Trinajstić information content (AvgIpc) is 2.54. The topological polar surface area (TPSA) is 44.5 Å². The highest BCUT2D eigenvalue weighted by Crippen LogP contribution is 2.38. The van der Waals surface area contributed by atoms with Crippen molar-refractivity contribution in [3.63, 3.8) is 0 Å². The number of nitrogens with two attached hydrogens (primary N) is 1. The van der Waals surface area contributed by atoms with Crippen molar-refractivity contribution in [3.8, 4) is 11.5 Å². The number of ether oxygens (including phenoxy) is 2. The molecule has 2 rings (SSSR count). The fourth-order valence-corrected chi connectivity index (χ4v) is 1.59. The third-order valence-electron chi connectivity index (χ3n) is 2.51. The van der Waals surface area contributed by atoms with Gasteiger partial charge in [-0.15, -0.1) is 0 Å². The normalized spacial score (nSPS) is 13.5. The van der Waals surface area contributed by atoms with Crippen LogP contribution in [0.2, 0.25) is 0 Å². The maximum atomic E-state index is 5.66. The van der Waals surface area contributed by atoms with E-state index in [1.165, 1.54) is 11.1 Å². The summed E-state index contributed by atoms with van der Waals surface area (Å²) >= 11 is 0. The minimum absolute atomic E-state index is 0.311.